The minimum Gasteiger partial charge on any atom is -0.449 e. The number of hydrogen-bond acceptors (Lipinski definition) is 3. The van der Waals surface area contributed by atoms with Crippen LogP contribution in [0.15, 0.2) is 42.7 Å². The molecule has 1 N–H and O–H groups in total. The highest BCUT2D eigenvalue weighted by Crippen LogP contribution is 2.22. The maximum atomic E-state index is 11.1. The van der Waals surface area contributed by atoms with Crippen LogP contribution >= 0.6 is 0 Å². The van der Waals surface area contributed by atoms with Crippen molar-refractivity contribution >= 4 is 5.97 Å². The summed E-state index contributed by atoms with van der Waals surface area (Å²) in [6.07, 6.45) is 2.87. The molecule has 0 aliphatic heterocycles. The predicted octanol–water partition coefficient (Wildman–Crippen LogP) is 2.06. The maximum Gasteiger partial charge on any atom is 0.303 e. The third-order valence-electron chi connectivity index (χ3n) is 2.15. The van der Waals surface area contributed by atoms with E-state index in [1.165, 1.54) is 6.92 Å². The largest absolute Gasteiger partial charge is 0.449 e. The van der Waals surface area contributed by atoms with E-state index in [2.05, 4.69) is 9.97 Å². The number of esters is 1. The molecule has 0 aliphatic rings. The first kappa shape index (κ1) is 10.4. The second kappa shape index (κ2) is 4.61. The molecule has 0 saturated heterocycles. The molecule has 0 bridgehead atoms. The van der Waals surface area contributed by atoms with Crippen LogP contribution in [0.4, 0.5) is 0 Å². The number of benzene rings is 1. The summed E-state index contributed by atoms with van der Waals surface area (Å²) in [6.45, 7) is 1.39. The molecule has 1 unspecified atom stereocenters. The molecule has 0 aliphatic carbocycles. The minimum atomic E-state index is -0.464. The molecule has 0 spiro atoms. The number of hydrogen-bond donors (Lipinski definition) is 1. The predicted molar refractivity (Wildman–Crippen MR) is 58.6 cm³/mol. The van der Waals surface area contributed by atoms with Crippen molar-refractivity contribution in [2.45, 2.75) is 13.0 Å². The highest BCUT2D eigenvalue weighted by atomic mass is 16.5. The third kappa shape index (κ3) is 2.28. The van der Waals surface area contributed by atoms with E-state index in [9.17, 15) is 4.79 Å². The topological polar surface area (TPSA) is 55.0 Å². The van der Waals surface area contributed by atoms with Crippen molar-refractivity contribution in [1.29, 1.82) is 0 Å². The van der Waals surface area contributed by atoms with Crippen molar-refractivity contribution < 1.29 is 9.53 Å². The van der Waals surface area contributed by atoms with E-state index in [4.69, 9.17) is 4.74 Å². The summed E-state index contributed by atoms with van der Waals surface area (Å²) in [6, 6.07) is 9.51. The Labute approximate surface area is 93.3 Å². The standard InChI is InChI=1S/C12H12N2O2/c1-9(15)16-11(12-13-7-8-14-12)10-5-3-2-4-6-10/h2-8,11H,1H3,(H,13,14). The summed E-state index contributed by atoms with van der Waals surface area (Å²) in [4.78, 5) is 18.1. The molecule has 1 heterocycles. The molecule has 2 rings (SSSR count). The molecule has 1 atom stereocenters. The number of aromatic nitrogens is 2. The van der Waals surface area contributed by atoms with Gasteiger partial charge in [0.25, 0.3) is 0 Å². The summed E-state index contributed by atoms with van der Waals surface area (Å²) in [7, 11) is 0. The van der Waals surface area contributed by atoms with Gasteiger partial charge in [0, 0.05) is 24.9 Å². The van der Waals surface area contributed by atoms with Crippen LogP contribution in [-0.2, 0) is 9.53 Å². The summed E-state index contributed by atoms with van der Waals surface area (Å²) in [5, 5.41) is 0. The van der Waals surface area contributed by atoms with Crippen molar-refractivity contribution in [1.82, 2.24) is 9.97 Å². The van der Waals surface area contributed by atoms with E-state index in [0.717, 1.165) is 5.56 Å². The molecule has 0 amide bonds. The Morgan fingerprint density at radius 3 is 2.69 bits per heavy atom. The molecule has 4 nitrogen and oxygen atoms in total. The van der Waals surface area contributed by atoms with Crippen LogP contribution in [0.5, 0.6) is 0 Å². The monoisotopic (exact) mass is 216 g/mol. The van der Waals surface area contributed by atoms with Gasteiger partial charge in [-0.25, -0.2) is 4.98 Å². The van der Waals surface area contributed by atoms with Gasteiger partial charge in [-0.1, -0.05) is 30.3 Å². The van der Waals surface area contributed by atoms with Crippen molar-refractivity contribution in [3.63, 3.8) is 0 Å². The zero-order valence-corrected chi connectivity index (χ0v) is 8.88. The average molecular weight is 216 g/mol. The van der Waals surface area contributed by atoms with Gasteiger partial charge in [-0.2, -0.15) is 0 Å². The van der Waals surface area contributed by atoms with Crippen LogP contribution in [0.1, 0.15) is 24.4 Å². The Bertz CT molecular complexity index is 451. The number of nitrogens with one attached hydrogen (secondary N) is 1. The number of imidazole rings is 1. The molecule has 1 aromatic heterocycles. The first-order chi connectivity index (χ1) is 7.77. The first-order valence-electron chi connectivity index (χ1n) is 4.99. The number of nitrogens with zero attached hydrogens (tertiary/aromatic N) is 1. The highest BCUT2D eigenvalue weighted by molar-refractivity contribution is 5.66. The second-order valence-corrected chi connectivity index (χ2v) is 3.37. The summed E-state index contributed by atoms with van der Waals surface area (Å²) in [5.41, 5.74) is 0.896. The van der Waals surface area contributed by atoms with Gasteiger partial charge in [-0.3, -0.25) is 4.79 Å². The molecular formula is C12H12N2O2. The second-order valence-electron chi connectivity index (χ2n) is 3.37. The fourth-order valence-corrected chi connectivity index (χ4v) is 1.50. The Hall–Kier alpha value is -2.10. The molecule has 16 heavy (non-hydrogen) atoms. The quantitative estimate of drug-likeness (QED) is 0.799. The molecular weight excluding hydrogens is 204 g/mol. The van der Waals surface area contributed by atoms with E-state index in [1.807, 2.05) is 30.3 Å². The lowest BCUT2D eigenvalue weighted by atomic mass is 10.1. The van der Waals surface area contributed by atoms with E-state index < -0.39 is 6.10 Å². The number of carbonyl (C=O) groups excluding carboxylic acids is 1. The highest BCUT2D eigenvalue weighted by Gasteiger charge is 2.18. The van der Waals surface area contributed by atoms with E-state index in [0.29, 0.717) is 5.82 Å². The Balaban J connectivity index is 2.32. The van der Waals surface area contributed by atoms with Crippen molar-refractivity contribution in [3.05, 3.63) is 54.1 Å². The minimum absolute atomic E-state index is 0.328. The molecule has 4 heteroatoms. The molecule has 0 fully saturated rings. The molecule has 0 radical (unpaired) electrons. The zero-order chi connectivity index (χ0) is 11.4. The van der Waals surface area contributed by atoms with Crippen LogP contribution in [0.2, 0.25) is 0 Å². The van der Waals surface area contributed by atoms with Gasteiger partial charge in [-0.15, -0.1) is 0 Å². The van der Waals surface area contributed by atoms with Gasteiger partial charge in [0.1, 0.15) is 0 Å². The number of H-pyrrole nitrogens is 1. The van der Waals surface area contributed by atoms with E-state index in [-0.39, 0.29) is 5.97 Å². The normalized spacial score (nSPS) is 12.1. The van der Waals surface area contributed by atoms with Gasteiger partial charge in [-0.05, 0) is 0 Å². The van der Waals surface area contributed by atoms with E-state index >= 15 is 0 Å². The maximum absolute atomic E-state index is 11.1. The van der Waals surface area contributed by atoms with Crippen molar-refractivity contribution in [3.8, 4) is 0 Å². The third-order valence-corrected chi connectivity index (χ3v) is 2.15. The lowest BCUT2D eigenvalue weighted by Crippen LogP contribution is -2.11. The lowest BCUT2D eigenvalue weighted by Gasteiger charge is -2.14. The van der Waals surface area contributed by atoms with Crippen LogP contribution in [0.25, 0.3) is 0 Å². The van der Waals surface area contributed by atoms with Crippen molar-refractivity contribution in [2.75, 3.05) is 0 Å². The van der Waals surface area contributed by atoms with Gasteiger partial charge >= 0.3 is 5.97 Å². The van der Waals surface area contributed by atoms with E-state index in [1.54, 1.807) is 12.4 Å². The van der Waals surface area contributed by atoms with Crippen LogP contribution in [0, 0.1) is 0 Å². The molecule has 0 saturated carbocycles. The van der Waals surface area contributed by atoms with Crippen LogP contribution < -0.4 is 0 Å². The SMILES string of the molecule is CC(=O)OC(c1ccccc1)c1ncc[nH]1. The summed E-state index contributed by atoms with van der Waals surface area (Å²) >= 11 is 0. The van der Waals surface area contributed by atoms with Gasteiger partial charge in [0.2, 0.25) is 0 Å². The number of ether oxygens (including phenoxy) is 1. The number of rotatable bonds is 3. The fourth-order valence-electron chi connectivity index (χ4n) is 1.50. The Morgan fingerprint density at radius 2 is 2.12 bits per heavy atom. The zero-order valence-electron chi connectivity index (χ0n) is 8.88. The average Bonchev–Trinajstić information content (AvgIpc) is 2.80. The number of aromatic amines is 1. The Kier molecular flexibility index (Phi) is 3.00. The molecule has 82 valence electrons. The summed E-state index contributed by atoms with van der Waals surface area (Å²) in [5.74, 6) is 0.298. The number of carbonyl (C=O) groups is 1. The first-order valence-corrected chi connectivity index (χ1v) is 4.99. The molecule has 1 aromatic carbocycles. The van der Waals surface area contributed by atoms with Gasteiger partial charge < -0.3 is 9.72 Å². The Morgan fingerprint density at radius 1 is 1.38 bits per heavy atom. The fraction of sp³-hybridized carbons (Fsp3) is 0.167. The smallest absolute Gasteiger partial charge is 0.303 e. The molecule has 2 aromatic rings. The summed E-state index contributed by atoms with van der Waals surface area (Å²) < 4.78 is 5.25. The van der Waals surface area contributed by atoms with Crippen LogP contribution in [0.3, 0.4) is 0 Å². The van der Waals surface area contributed by atoms with Gasteiger partial charge in [0.05, 0.1) is 0 Å². The van der Waals surface area contributed by atoms with Crippen molar-refractivity contribution in [2.24, 2.45) is 0 Å². The van der Waals surface area contributed by atoms with Crippen LogP contribution in [-0.4, -0.2) is 15.9 Å². The lowest BCUT2D eigenvalue weighted by molar-refractivity contribution is -0.145. The van der Waals surface area contributed by atoms with Gasteiger partial charge in [0.15, 0.2) is 11.9 Å².